The van der Waals surface area contributed by atoms with Crippen LogP contribution in [0.5, 0.6) is 5.75 Å². The van der Waals surface area contributed by atoms with Gasteiger partial charge < -0.3 is 19.3 Å². The Morgan fingerprint density at radius 3 is 2.71 bits per heavy atom. The number of amides is 1. The van der Waals surface area contributed by atoms with Gasteiger partial charge in [-0.1, -0.05) is 41.0 Å². The molecule has 0 atom stereocenters. The van der Waals surface area contributed by atoms with Crippen LogP contribution in [-0.2, 0) is 9.53 Å². The standard InChI is InChI=1S/C20H17ClN2O5/c1-12-18(19(23-28-12)15-8-3-4-9-16(15)21)20(25)27-11-17(24)22-13-6-5-7-14(10-13)26-2/h3-10H,11H2,1-2H3,(H,22,24). The van der Waals surface area contributed by atoms with Crippen LogP contribution in [-0.4, -0.2) is 30.7 Å². The van der Waals surface area contributed by atoms with Crippen LogP contribution in [0.2, 0.25) is 5.02 Å². The minimum Gasteiger partial charge on any atom is -0.497 e. The molecular formula is C20H17ClN2O5. The zero-order valence-electron chi connectivity index (χ0n) is 15.2. The summed E-state index contributed by atoms with van der Waals surface area (Å²) in [4.78, 5) is 24.6. The number of aromatic nitrogens is 1. The van der Waals surface area contributed by atoms with Crippen LogP contribution in [0.25, 0.3) is 11.3 Å². The number of benzene rings is 2. The molecule has 0 aliphatic heterocycles. The van der Waals surface area contributed by atoms with Gasteiger partial charge in [0.2, 0.25) is 0 Å². The number of methoxy groups -OCH3 is 1. The lowest BCUT2D eigenvalue weighted by Crippen LogP contribution is -2.21. The first-order valence-electron chi connectivity index (χ1n) is 8.31. The third kappa shape index (κ3) is 4.32. The Morgan fingerprint density at radius 1 is 1.18 bits per heavy atom. The first-order chi connectivity index (χ1) is 13.5. The Morgan fingerprint density at radius 2 is 1.96 bits per heavy atom. The molecule has 144 valence electrons. The molecule has 1 amide bonds. The van der Waals surface area contributed by atoms with Crippen molar-refractivity contribution in [2.24, 2.45) is 0 Å². The highest BCUT2D eigenvalue weighted by molar-refractivity contribution is 6.33. The number of nitrogens with one attached hydrogen (secondary N) is 1. The van der Waals surface area contributed by atoms with E-state index in [0.717, 1.165) is 0 Å². The van der Waals surface area contributed by atoms with E-state index in [9.17, 15) is 9.59 Å². The number of aryl methyl sites for hydroxylation is 1. The maximum atomic E-state index is 12.5. The molecule has 3 rings (SSSR count). The van der Waals surface area contributed by atoms with Crippen LogP contribution >= 0.6 is 11.6 Å². The van der Waals surface area contributed by atoms with Crippen molar-refractivity contribution in [2.45, 2.75) is 6.92 Å². The summed E-state index contributed by atoms with van der Waals surface area (Å²) in [5.41, 5.74) is 1.45. The largest absolute Gasteiger partial charge is 0.497 e. The van der Waals surface area contributed by atoms with Crippen molar-refractivity contribution in [3.8, 4) is 17.0 Å². The molecule has 3 aromatic rings. The molecule has 28 heavy (non-hydrogen) atoms. The van der Waals surface area contributed by atoms with Crippen molar-refractivity contribution in [3.05, 3.63) is 64.9 Å². The summed E-state index contributed by atoms with van der Waals surface area (Å²) in [5.74, 6) is -0.350. The van der Waals surface area contributed by atoms with Gasteiger partial charge in [-0.2, -0.15) is 0 Å². The maximum absolute atomic E-state index is 12.5. The molecule has 1 N–H and O–H groups in total. The quantitative estimate of drug-likeness (QED) is 0.626. The molecule has 0 bridgehead atoms. The number of anilines is 1. The van der Waals surface area contributed by atoms with Crippen molar-refractivity contribution >= 4 is 29.2 Å². The minimum absolute atomic E-state index is 0.127. The van der Waals surface area contributed by atoms with Gasteiger partial charge in [-0.3, -0.25) is 4.79 Å². The highest BCUT2D eigenvalue weighted by atomic mass is 35.5. The van der Waals surface area contributed by atoms with Crippen molar-refractivity contribution in [2.75, 3.05) is 19.0 Å². The fraction of sp³-hybridized carbons (Fsp3) is 0.150. The van der Waals surface area contributed by atoms with Crippen LogP contribution in [0.15, 0.2) is 53.1 Å². The van der Waals surface area contributed by atoms with E-state index in [1.807, 2.05) is 0 Å². The lowest BCUT2D eigenvalue weighted by atomic mass is 10.1. The molecule has 0 spiro atoms. The van der Waals surface area contributed by atoms with Gasteiger partial charge in [0, 0.05) is 17.3 Å². The number of carbonyl (C=O) groups excluding carboxylic acids is 2. The smallest absolute Gasteiger partial charge is 0.344 e. The van der Waals surface area contributed by atoms with Gasteiger partial charge >= 0.3 is 5.97 Å². The first-order valence-corrected chi connectivity index (χ1v) is 8.69. The Kier molecular flexibility index (Phi) is 5.96. The van der Waals surface area contributed by atoms with Crippen molar-refractivity contribution < 1.29 is 23.6 Å². The number of nitrogens with zero attached hydrogens (tertiary/aromatic N) is 1. The van der Waals surface area contributed by atoms with E-state index in [2.05, 4.69) is 10.5 Å². The fourth-order valence-electron chi connectivity index (χ4n) is 2.55. The predicted molar refractivity (Wildman–Crippen MR) is 104 cm³/mol. The summed E-state index contributed by atoms with van der Waals surface area (Å²) in [6.45, 7) is 1.11. The lowest BCUT2D eigenvalue weighted by Gasteiger charge is -2.08. The molecule has 0 saturated heterocycles. The van der Waals surface area contributed by atoms with Gasteiger partial charge in [-0.15, -0.1) is 0 Å². The molecule has 1 heterocycles. The topological polar surface area (TPSA) is 90.7 Å². The molecule has 0 aliphatic rings. The number of hydrogen-bond donors (Lipinski definition) is 1. The van der Waals surface area contributed by atoms with Crippen molar-refractivity contribution in [3.63, 3.8) is 0 Å². The highest BCUT2D eigenvalue weighted by Crippen LogP contribution is 2.31. The summed E-state index contributed by atoms with van der Waals surface area (Å²) in [6, 6.07) is 13.8. The summed E-state index contributed by atoms with van der Waals surface area (Å²) in [5, 5.41) is 6.96. The lowest BCUT2D eigenvalue weighted by molar-refractivity contribution is -0.119. The third-order valence-corrected chi connectivity index (χ3v) is 4.21. The highest BCUT2D eigenvalue weighted by Gasteiger charge is 2.24. The van der Waals surface area contributed by atoms with Gasteiger partial charge in [0.1, 0.15) is 22.8 Å². The second-order valence-electron chi connectivity index (χ2n) is 5.80. The Balaban J connectivity index is 1.69. The number of ether oxygens (including phenoxy) is 2. The van der Waals surface area contributed by atoms with E-state index < -0.39 is 18.5 Å². The SMILES string of the molecule is COc1cccc(NC(=O)COC(=O)c2c(-c3ccccc3Cl)noc2C)c1. The molecule has 1 aromatic heterocycles. The average Bonchev–Trinajstić information content (AvgIpc) is 3.08. The zero-order valence-corrected chi connectivity index (χ0v) is 15.9. The first kappa shape index (κ1) is 19.4. The van der Waals surface area contributed by atoms with E-state index in [1.165, 1.54) is 7.11 Å². The molecule has 0 radical (unpaired) electrons. The second-order valence-corrected chi connectivity index (χ2v) is 6.21. The van der Waals surface area contributed by atoms with E-state index >= 15 is 0 Å². The van der Waals surface area contributed by atoms with Crippen LogP contribution in [0.1, 0.15) is 16.1 Å². The molecule has 8 heteroatoms. The summed E-state index contributed by atoms with van der Waals surface area (Å²) < 4.78 is 15.4. The van der Waals surface area contributed by atoms with E-state index in [-0.39, 0.29) is 17.0 Å². The van der Waals surface area contributed by atoms with Crippen LogP contribution in [0.3, 0.4) is 0 Å². The minimum atomic E-state index is -0.727. The fourth-order valence-corrected chi connectivity index (χ4v) is 2.78. The van der Waals surface area contributed by atoms with Crippen molar-refractivity contribution in [1.29, 1.82) is 0 Å². The number of hydrogen-bond acceptors (Lipinski definition) is 6. The molecule has 2 aromatic carbocycles. The van der Waals surface area contributed by atoms with Gasteiger partial charge in [0.05, 0.1) is 12.1 Å². The van der Waals surface area contributed by atoms with Gasteiger partial charge in [0.15, 0.2) is 6.61 Å². The number of carbonyl (C=O) groups is 2. The van der Waals surface area contributed by atoms with Gasteiger partial charge in [-0.05, 0) is 25.1 Å². The number of halogens is 1. The summed E-state index contributed by atoms with van der Waals surface area (Å²) in [6.07, 6.45) is 0. The van der Waals surface area contributed by atoms with E-state index in [4.69, 9.17) is 25.6 Å². The predicted octanol–water partition coefficient (Wildman–Crippen LogP) is 4.11. The van der Waals surface area contributed by atoms with Gasteiger partial charge in [0.25, 0.3) is 5.91 Å². The molecule has 0 unspecified atom stereocenters. The average molecular weight is 401 g/mol. The normalized spacial score (nSPS) is 10.4. The molecule has 7 nitrogen and oxygen atoms in total. The van der Waals surface area contributed by atoms with Gasteiger partial charge in [-0.25, -0.2) is 4.79 Å². The monoisotopic (exact) mass is 400 g/mol. The third-order valence-electron chi connectivity index (χ3n) is 3.88. The van der Waals surface area contributed by atoms with Crippen LogP contribution in [0, 0.1) is 6.92 Å². The molecule has 0 aliphatic carbocycles. The molecular weight excluding hydrogens is 384 g/mol. The van der Waals surface area contributed by atoms with Crippen LogP contribution in [0.4, 0.5) is 5.69 Å². The van der Waals surface area contributed by atoms with E-state index in [1.54, 1.807) is 55.5 Å². The molecule has 0 fully saturated rings. The van der Waals surface area contributed by atoms with Crippen molar-refractivity contribution in [1.82, 2.24) is 5.16 Å². The summed E-state index contributed by atoms with van der Waals surface area (Å²) in [7, 11) is 1.53. The zero-order chi connectivity index (χ0) is 20.1. The Hall–Kier alpha value is -3.32. The summed E-state index contributed by atoms with van der Waals surface area (Å²) >= 11 is 6.18. The number of esters is 1. The second kappa shape index (κ2) is 8.58. The van der Waals surface area contributed by atoms with Crippen LogP contribution < -0.4 is 10.1 Å². The van der Waals surface area contributed by atoms with E-state index in [0.29, 0.717) is 22.0 Å². The molecule has 0 saturated carbocycles. The maximum Gasteiger partial charge on any atom is 0.344 e. The Labute approximate surface area is 166 Å². The number of rotatable bonds is 6. The Bertz CT molecular complexity index is 1020.